The third-order valence-corrected chi connectivity index (χ3v) is 6.26. The van der Waals surface area contributed by atoms with E-state index in [1.54, 1.807) is 6.07 Å². The molecule has 2 aliphatic rings. The largest absolute Gasteiger partial charge is 0.369 e. The predicted molar refractivity (Wildman–Crippen MR) is 109 cm³/mol. The Balaban J connectivity index is 1.36. The first kappa shape index (κ1) is 20.6. The van der Waals surface area contributed by atoms with Crippen LogP contribution in [0.4, 0.5) is 10.1 Å². The second-order valence-electron chi connectivity index (χ2n) is 8.12. The summed E-state index contributed by atoms with van der Waals surface area (Å²) in [4.78, 5) is 16.3. The summed E-state index contributed by atoms with van der Waals surface area (Å²) in [5.74, 6) is 0.462. The zero-order valence-corrected chi connectivity index (χ0v) is 16.8. The highest BCUT2D eigenvalue weighted by molar-refractivity contribution is 5.78. The third-order valence-electron chi connectivity index (χ3n) is 6.26. The van der Waals surface area contributed by atoms with E-state index in [-0.39, 0.29) is 24.2 Å². The molecule has 1 aliphatic carbocycles. The van der Waals surface area contributed by atoms with Crippen LogP contribution in [-0.2, 0) is 4.79 Å². The van der Waals surface area contributed by atoms with Crippen LogP contribution in [0.5, 0.6) is 0 Å². The van der Waals surface area contributed by atoms with Crippen LogP contribution in [0.15, 0.2) is 18.2 Å². The molecule has 1 saturated heterocycles. The van der Waals surface area contributed by atoms with Crippen LogP contribution in [-0.4, -0.2) is 49.6 Å². The number of hydrogen-bond donors (Lipinski definition) is 1. The molecule has 0 unspecified atom stereocenters. The van der Waals surface area contributed by atoms with Crippen molar-refractivity contribution in [2.24, 2.45) is 5.92 Å². The zero-order chi connectivity index (χ0) is 19.9. The molecule has 0 spiro atoms. The number of nitriles is 1. The molecule has 1 aromatic carbocycles. The predicted octanol–water partition coefficient (Wildman–Crippen LogP) is 3.23. The SMILES string of the molecule is Cc1c(F)cccc1N1CCN(CCC2CCC(NC(=O)CC#N)CC2)CC1. The first-order valence-electron chi connectivity index (χ1n) is 10.5. The van der Waals surface area contributed by atoms with Gasteiger partial charge in [-0.1, -0.05) is 6.07 Å². The van der Waals surface area contributed by atoms with Gasteiger partial charge >= 0.3 is 0 Å². The van der Waals surface area contributed by atoms with Crippen LogP contribution in [0, 0.1) is 30.0 Å². The molecule has 1 aliphatic heterocycles. The fraction of sp³-hybridized carbons (Fsp3) is 0.636. The normalized spacial score (nSPS) is 23.2. The van der Waals surface area contributed by atoms with Crippen molar-refractivity contribution >= 4 is 11.6 Å². The van der Waals surface area contributed by atoms with Crippen LogP contribution in [0.1, 0.15) is 44.1 Å². The topological polar surface area (TPSA) is 59.4 Å². The molecule has 1 amide bonds. The van der Waals surface area contributed by atoms with Gasteiger partial charge in [0.25, 0.3) is 0 Å². The minimum atomic E-state index is -0.141. The van der Waals surface area contributed by atoms with Gasteiger partial charge in [0.2, 0.25) is 5.91 Å². The Morgan fingerprint density at radius 2 is 1.93 bits per heavy atom. The number of amides is 1. The Bertz CT molecular complexity index is 701. The van der Waals surface area contributed by atoms with E-state index in [1.165, 1.54) is 12.5 Å². The second-order valence-corrected chi connectivity index (χ2v) is 8.12. The summed E-state index contributed by atoms with van der Waals surface area (Å²) in [5.41, 5.74) is 1.77. The summed E-state index contributed by atoms with van der Waals surface area (Å²) in [6.45, 7) is 6.91. The number of benzene rings is 1. The summed E-state index contributed by atoms with van der Waals surface area (Å²) in [7, 11) is 0. The maximum absolute atomic E-state index is 13.8. The van der Waals surface area contributed by atoms with Crippen molar-refractivity contribution in [3.8, 4) is 6.07 Å². The Labute approximate surface area is 167 Å². The van der Waals surface area contributed by atoms with Crippen molar-refractivity contribution in [1.29, 1.82) is 5.26 Å². The molecule has 2 fully saturated rings. The number of piperazine rings is 1. The van der Waals surface area contributed by atoms with E-state index in [2.05, 4.69) is 15.1 Å². The van der Waals surface area contributed by atoms with E-state index in [1.807, 2.05) is 19.1 Å². The average Bonchev–Trinajstić information content (AvgIpc) is 2.70. The van der Waals surface area contributed by atoms with E-state index in [4.69, 9.17) is 5.26 Å². The molecular formula is C22H31FN4O. The molecule has 0 bridgehead atoms. The highest BCUT2D eigenvalue weighted by Crippen LogP contribution is 2.28. The highest BCUT2D eigenvalue weighted by Gasteiger charge is 2.24. The zero-order valence-electron chi connectivity index (χ0n) is 16.8. The molecule has 5 nitrogen and oxygen atoms in total. The molecule has 1 heterocycles. The van der Waals surface area contributed by atoms with Crippen molar-refractivity contribution in [3.63, 3.8) is 0 Å². The van der Waals surface area contributed by atoms with Gasteiger partial charge in [-0.15, -0.1) is 0 Å². The van der Waals surface area contributed by atoms with Crippen molar-refractivity contribution in [2.45, 2.75) is 51.5 Å². The van der Waals surface area contributed by atoms with Gasteiger partial charge in [-0.3, -0.25) is 9.69 Å². The summed E-state index contributed by atoms with van der Waals surface area (Å²) >= 11 is 0. The lowest BCUT2D eigenvalue weighted by Crippen LogP contribution is -2.47. The first-order valence-corrected chi connectivity index (χ1v) is 10.5. The maximum atomic E-state index is 13.8. The smallest absolute Gasteiger partial charge is 0.234 e. The van der Waals surface area contributed by atoms with E-state index in [0.717, 1.165) is 75.6 Å². The lowest BCUT2D eigenvalue weighted by Gasteiger charge is -2.38. The summed E-state index contributed by atoms with van der Waals surface area (Å²) < 4.78 is 13.8. The molecule has 152 valence electrons. The molecule has 3 rings (SSSR count). The number of nitrogens with one attached hydrogen (secondary N) is 1. The van der Waals surface area contributed by atoms with Crippen LogP contribution in [0.25, 0.3) is 0 Å². The van der Waals surface area contributed by atoms with Gasteiger partial charge < -0.3 is 10.2 Å². The number of hydrogen-bond acceptors (Lipinski definition) is 4. The van der Waals surface area contributed by atoms with Crippen molar-refractivity contribution in [2.75, 3.05) is 37.6 Å². The average molecular weight is 387 g/mol. The van der Waals surface area contributed by atoms with Crippen molar-refractivity contribution in [1.82, 2.24) is 10.2 Å². The molecule has 6 heteroatoms. The monoisotopic (exact) mass is 386 g/mol. The first-order chi connectivity index (χ1) is 13.6. The Morgan fingerprint density at radius 3 is 2.61 bits per heavy atom. The molecule has 0 atom stereocenters. The number of nitrogens with zero attached hydrogens (tertiary/aromatic N) is 3. The van der Waals surface area contributed by atoms with Crippen molar-refractivity contribution in [3.05, 3.63) is 29.6 Å². The highest BCUT2D eigenvalue weighted by atomic mass is 19.1. The number of rotatable bonds is 6. The van der Waals surface area contributed by atoms with E-state index in [0.29, 0.717) is 0 Å². The summed E-state index contributed by atoms with van der Waals surface area (Å²) in [5, 5.41) is 11.5. The van der Waals surface area contributed by atoms with Crippen LogP contribution in [0.3, 0.4) is 0 Å². The Morgan fingerprint density at radius 1 is 1.21 bits per heavy atom. The molecule has 28 heavy (non-hydrogen) atoms. The number of halogens is 1. The Kier molecular flexibility index (Phi) is 7.27. The number of carbonyl (C=O) groups excluding carboxylic acids is 1. The standard InChI is InChI=1S/C22H31FN4O/c1-17-20(23)3-2-4-21(17)27-15-13-26(14-16-27)12-10-18-5-7-19(8-6-18)25-22(28)9-11-24/h2-4,18-19H,5-10,12-16H2,1H3,(H,25,28). The van der Waals surface area contributed by atoms with E-state index in [9.17, 15) is 9.18 Å². The third kappa shape index (κ3) is 5.45. The Hall–Kier alpha value is -2.13. The van der Waals surface area contributed by atoms with Gasteiger partial charge in [0.05, 0.1) is 6.07 Å². The van der Waals surface area contributed by atoms with Gasteiger partial charge in [-0.05, 0) is 63.6 Å². The number of carbonyl (C=O) groups is 1. The second kappa shape index (κ2) is 9.88. The van der Waals surface area contributed by atoms with Gasteiger partial charge in [0, 0.05) is 43.5 Å². The van der Waals surface area contributed by atoms with Gasteiger partial charge in [0.15, 0.2) is 0 Å². The van der Waals surface area contributed by atoms with Gasteiger partial charge in [0.1, 0.15) is 12.2 Å². The molecule has 0 radical (unpaired) electrons. The maximum Gasteiger partial charge on any atom is 0.234 e. The fourth-order valence-electron chi connectivity index (χ4n) is 4.46. The summed E-state index contributed by atoms with van der Waals surface area (Å²) in [6.07, 6.45) is 5.52. The van der Waals surface area contributed by atoms with Gasteiger partial charge in [-0.25, -0.2) is 4.39 Å². The number of anilines is 1. The van der Waals surface area contributed by atoms with Gasteiger partial charge in [-0.2, -0.15) is 5.26 Å². The summed E-state index contributed by atoms with van der Waals surface area (Å²) in [6, 6.07) is 7.48. The molecule has 1 N–H and O–H groups in total. The fourth-order valence-corrected chi connectivity index (χ4v) is 4.46. The van der Waals surface area contributed by atoms with E-state index < -0.39 is 0 Å². The molecule has 1 saturated carbocycles. The molecule has 0 aromatic heterocycles. The van der Waals surface area contributed by atoms with Crippen molar-refractivity contribution < 1.29 is 9.18 Å². The minimum absolute atomic E-state index is 0.0406. The van der Waals surface area contributed by atoms with E-state index >= 15 is 0 Å². The minimum Gasteiger partial charge on any atom is -0.369 e. The molecule has 1 aromatic rings. The quantitative estimate of drug-likeness (QED) is 0.815. The van der Waals surface area contributed by atoms with Crippen LogP contribution >= 0.6 is 0 Å². The lowest BCUT2D eigenvalue weighted by atomic mass is 9.84. The van der Waals surface area contributed by atoms with Crippen LogP contribution in [0.2, 0.25) is 0 Å². The van der Waals surface area contributed by atoms with Crippen LogP contribution < -0.4 is 10.2 Å². The lowest BCUT2D eigenvalue weighted by molar-refractivity contribution is -0.121. The molecular weight excluding hydrogens is 355 g/mol.